The lowest BCUT2D eigenvalue weighted by Gasteiger charge is -2.16. The van der Waals surface area contributed by atoms with Gasteiger partial charge in [0.05, 0.1) is 19.4 Å². The van der Waals surface area contributed by atoms with E-state index in [0.717, 1.165) is 17.1 Å². The Balaban J connectivity index is 2.09. The SMILES string of the molecule is COC(=O)c1cc2c(CO[Si]CC(C)(C)C)nccc2o1. The zero-order valence-electron chi connectivity index (χ0n) is 12.7. The van der Waals surface area contributed by atoms with Gasteiger partial charge in [-0.25, -0.2) is 4.79 Å². The Bertz CT molecular complexity index is 630. The fourth-order valence-electron chi connectivity index (χ4n) is 1.72. The van der Waals surface area contributed by atoms with E-state index >= 15 is 0 Å². The first-order chi connectivity index (χ1) is 9.90. The number of carbonyl (C=O) groups is 1. The Morgan fingerprint density at radius 3 is 2.86 bits per heavy atom. The summed E-state index contributed by atoms with van der Waals surface area (Å²) in [7, 11) is 1.75. The monoisotopic (exact) mass is 305 g/mol. The predicted octanol–water partition coefficient (Wildman–Crippen LogP) is 3.21. The van der Waals surface area contributed by atoms with E-state index in [9.17, 15) is 4.79 Å². The van der Waals surface area contributed by atoms with Crippen molar-refractivity contribution in [2.24, 2.45) is 5.41 Å². The van der Waals surface area contributed by atoms with E-state index in [-0.39, 0.29) is 11.2 Å². The first-order valence-corrected chi connectivity index (χ1v) is 7.82. The minimum Gasteiger partial charge on any atom is -0.463 e. The Kier molecular flexibility index (Phi) is 4.79. The molecule has 2 radical (unpaired) electrons. The molecule has 5 nitrogen and oxygen atoms in total. The zero-order valence-corrected chi connectivity index (χ0v) is 13.7. The number of nitrogens with zero attached hydrogens (tertiary/aromatic N) is 1. The van der Waals surface area contributed by atoms with Crippen LogP contribution in [0.15, 0.2) is 22.7 Å². The van der Waals surface area contributed by atoms with Crippen molar-refractivity contribution >= 4 is 26.7 Å². The maximum Gasteiger partial charge on any atom is 0.373 e. The molecule has 21 heavy (non-hydrogen) atoms. The van der Waals surface area contributed by atoms with Crippen LogP contribution in [-0.2, 0) is 15.8 Å². The van der Waals surface area contributed by atoms with Crippen LogP contribution in [0.3, 0.4) is 0 Å². The van der Waals surface area contributed by atoms with Crippen LogP contribution in [0, 0.1) is 5.41 Å². The van der Waals surface area contributed by atoms with E-state index in [4.69, 9.17) is 8.84 Å². The molecule has 2 heterocycles. The lowest BCUT2D eigenvalue weighted by Crippen LogP contribution is -2.11. The van der Waals surface area contributed by atoms with Crippen LogP contribution in [0.1, 0.15) is 37.0 Å². The molecule has 0 bridgehead atoms. The van der Waals surface area contributed by atoms with E-state index in [1.165, 1.54) is 7.11 Å². The van der Waals surface area contributed by atoms with Gasteiger partial charge in [0.1, 0.15) is 5.58 Å². The number of ether oxygens (including phenoxy) is 1. The van der Waals surface area contributed by atoms with Crippen molar-refractivity contribution < 1.29 is 18.4 Å². The normalized spacial score (nSPS) is 11.8. The summed E-state index contributed by atoms with van der Waals surface area (Å²) in [6.07, 6.45) is 1.65. The summed E-state index contributed by atoms with van der Waals surface area (Å²) in [6, 6.07) is 4.38. The maximum absolute atomic E-state index is 11.5. The lowest BCUT2D eigenvalue weighted by atomic mass is 10.0. The molecule has 0 aromatic carbocycles. The second-order valence-corrected chi connectivity index (χ2v) is 6.87. The van der Waals surface area contributed by atoms with Crippen molar-refractivity contribution in [1.29, 1.82) is 0 Å². The molecule has 0 spiro atoms. The van der Waals surface area contributed by atoms with Crippen LogP contribution in [0.4, 0.5) is 0 Å². The fraction of sp³-hybridized carbons (Fsp3) is 0.467. The van der Waals surface area contributed by atoms with Gasteiger partial charge in [0.15, 0.2) is 0 Å². The molecule has 2 rings (SSSR count). The summed E-state index contributed by atoms with van der Waals surface area (Å²) < 4.78 is 15.8. The quantitative estimate of drug-likeness (QED) is 0.482. The molecule has 112 valence electrons. The molecule has 6 heteroatoms. The van der Waals surface area contributed by atoms with E-state index < -0.39 is 5.97 Å². The van der Waals surface area contributed by atoms with E-state index in [0.29, 0.717) is 22.0 Å². The summed E-state index contributed by atoms with van der Waals surface area (Å²) >= 11 is 0. The van der Waals surface area contributed by atoms with Gasteiger partial charge in [-0.2, -0.15) is 0 Å². The zero-order chi connectivity index (χ0) is 15.5. The molecule has 0 unspecified atom stereocenters. The highest BCUT2D eigenvalue weighted by Gasteiger charge is 2.16. The predicted molar refractivity (Wildman–Crippen MR) is 80.2 cm³/mol. The van der Waals surface area contributed by atoms with E-state index in [1.54, 1.807) is 18.3 Å². The number of hydrogen-bond donors (Lipinski definition) is 0. The van der Waals surface area contributed by atoms with Crippen LogP contribution in [0.2, 0.25) is 6.04 Å². The number of pyridine rings is 1. The molecular weight excluding hydrogens is 286 g/mol. The number of hydrogen-bond acceptors (Lipinski definition) is 5. The van der Waals surface area contributed by atoms with Crippen molar-refractivity contribution in [3.8, 4) is 0 Å². The van der Waals surface area contributed by atoms with Crippen LogP contribution >= 0.6 is 0 Å². The third-order valence-electron chi connectivity index (χ3n) is 2.83. The summed E-state index contributed by atoms with van der Waals surface area (Å²) in [4.78, 5) is 15.8. The van der Waals surface area contributed by atoms with Gasteiger partial charge in [-0.1, -0.05) is 20.8 Å². The largest absolute Gasteiger partial charge is 0.463 e. The highest BCUT2D eigenvalue weighted by molar-refractivity contribution is 6.27. The molecule has 0 amide bonds. The number of esters is 1. The van der Waals surface area contributed by atoms with Crippen molar-refractivity contribution in [2.45, 2.75) is 33.4 Å². The molecule has 0 aliphatic heterocycles. The van der Waals surface area contributed by atoms with Gasteiger partial charge in [0.2, 0.25) is 15.5 Å². The van der Waals surface area contributed by atoms with Gasteiger partial charge in [-0.3, -0.25) is 4.98 Å². The number of methoxy groups -OCH3 is 1. The van der Waals surface area contributed by atoms with Crippen LogP contribution in [0.25, 0.3) is 11.0 Å². The fourth-order valence-corrected chi connectivity index (χ4v) is 2.50. The number of furan rings is 1. The third kappa shape index (κ3) is 4.15. The van der Waals surface area contributed by atoms with Crippen molar-refractivity contribution in [3.63, 3.8) is 0 Å². The number of fused-ring (bicyclic) bond motifs is 1. The molecule has 0 aliphatic carbocycles. The lowest BCUT2D eigenvalue weighted by molar-refractivity contribution is 0.0567. The molecule has 2 aromatic rings. The standard InChI is InChI=1S/C15H19NO4Si/c1-15(2,3)9-21-19-8-11-10-7-13(14(17)18-4)20-12(10)5-6-16-11/h5-7H,8-9H2,1-4H3. The molecular formula is C15H19NO4Si. The molecule has 2 aromatic heterocycles. The highest BCUT2D eigenvalue weighted by atomic mass is 28.2. The van der Waals surface area contributed by atoms with Crippen LogP contribution in [0.5, 0.6) is 0 Å². The molecule has 0 saturated carbocycles. The minimum atomic E-state index is -0.493. The summed E-state index contributed by atoms with van der Waals surface area (Å²) in [5.41, 5.74) is 1.64. The first-order valence-electron chi connectivity index (χ1n) is 6.71. The van der Waals surface area contributed by atoms with Crippen LogP contribution in [-0.4, -0.2) is 27.8 Å². The Morgan fingerprint density at radius 1 is 1.43 bits per heavy atom. The number of aromatic nitrogens is 1. The third-order valence-corrected chi connectivity index (χ3v) is 4.38. The van der Waals surface area contributed by atoms with E-state index in [2.05, 4.69) is 30.5 Å². The van der Waals surface area contributed by atoms with Crippen molar-refractivity contribution in [1.82, 2.24) is 4.98 Å². The van der Waals surface area contributed by atoms with Crippen molar-refractivity contribution in [3.05, 3.63) is 29.8 Å². The second-order valence-electron chi connectivity index (χ2n) is 5.94. The second kappa shape index (κ2) is 6.40. The van der Waals surface area contributed by atoms with Gasteiger partial charge in [0, 0.05) is 17.6 Å². The molecule has 0 N–H and O–H groups in total. The Labute approximate surface area is 126 Å². The first kappa shape index (κ1) is 15.7. The Morgan fingerprint density at radius 2 is 2.19 bits per heavy atom. The van der Waals surface area contributed by atoms with Gasteiger partial charge >= 0.3 is 5.97 Å². The van der Waals surface area contributed by atoms with Gasteiger partial charge < -0.3 is 13.6 Å². The maximum atomic E-state index is 11.5. The number of rotatable bonds is 5. The summed E-state index contributed by atoms with van der Waals surface area (Å²) in [5, 5.41) is 0.790. The number of carbonyl (C=O) groups excluding carboxylic acids is 1. The van der Waals surface area contributed by atoms with Gasteiger partial charge in [0.25, 0.3) is 0 Å². The average molecular weight is 305 g/mol. The van der Waals surface area contributed by atoms with Crippen LogP contribution < -0.4 is 0 Å². The van der Waals surface area contributed by atoms with Crippen molar-refractivity contribution in [2.75, 3.05) is 7.11 Å². The molecule has 0 saturated heterocycles. The Hall–Kier alpha value is -1.66. The summed E-state index contributed by atoms with van der Waals surface area (Å²) in [6.45, 7) is 6.95. The van der Waals surface area contributed by atoms with Gasteiger partial charge in [-0.15, -0.1) is 0 Å². The van der Waals surface area contributed by atoms with E-state index in [1.807, 2.05) is 0 Å². The highest BCUT2D eigenvalue weighted by Crippen LogP contribution is 2.23. The topological polar surface area (TPSA) is 61.6 Å². The smallest absolute Gasteiger partial charge is 0.373 e. The van der Waals surface area contributed by atoms with Gasteiger partial charge in [-0.05, 0) is 17.5 Å². The summed E-state index contributed by atoms with van der Waals surface area (Å²) in [5.74, 6) is -0.313. The molecule has 0 fully saturated rings. The molecule has 0 atom stereocenters. The average Bonchev–Trinajstić information content (AvgIpc) is 2.86. The molecule has 0 aliphatic rings. The minimum absolute atomic E-state index is 0.180.